The van der Waals surface area contributed by atoms with Crippen molar-refractivity contribution >= 4 is 23.8 Å². The number of Topliss-reactive ketones (excluding diaryl/α,β-unsaturated/α-hetero) is 1. The van der Waals surface area contributed by atoms with E-state index >= 15 is 0 Å². The second-order valence-corrected chi connectivity index (χ2v) is 21.8. The van der Waals surface area contributed by atoms with E-state index in [9.17, 15) is 14.4 Å². The summed E-state index contributed by atoms with van der Waals surface area (Å²) in [6.45, 7) is 24.9. The number of allylic oxidation sites excluding steroid dienone is 1. The number of ether oxygens (including phenoxy) is 1. The summed E-state index contributed by atoms with van der Waals surface area (Å²) in [5.41, 5.74) is 8.31. The molecule has 6 aliphatic carbocycles. The Morgan fingerprint density at radius 1 is 0.875 bits per heavy atom. The first kappa shape index (κ1) is 42.5. The lowest BCUT2D eigenvalue weighted by Crippen LogP contribution is -2.68. The fourth-order valence-corrected chi connectivity index (χ4v) is 14.2. The maximum atomic E-state index is 14.0. The van der Waals surface area contributed by atoms with Gasteiger partial charge >= 0.3 is 12.1 Å². The Morgan fingerprint density at radius 3 is 2.11 bits per heavy atom. The van der Waals surface area contributed by atoms with Crippen LogP contribution in [0.5, 0.6) is 0 Å². The molecule has 6 aliphatic rings. The zero-order valence-corrected chi connectivity index (χ0v) is 36.2. The van der Waals surface area contributed by atoms with E-state index in [1.807, 2.05) is 0 Å². The number of esters is 1. The molecule has 0 saturated heterocycles. The molecular formula is C48H70N2O6. The lowest BCUT2D eigenvalue weighted by molar-refractivity contribution is -0.235. The van der Waals surface area contributed by atoms with Gasteiger partial charge in [-0.25, -0.2) is 0 Å². The molecule has 5 fully saturated rings. The van der Waals surface area contributed by atoms with Gasteiger partial charge < -0.3 is 15.8 Å². The van der Waals surface area contributed by atoms with E-state index in [1.54, 1.807) is 13.8 Å². The summed E-state index contributed by atoms with van der Waals surface area (Å²) in [5, 5.41) is 3.42. The Morgan fingerprint density at radius 2 is 1.52 bits per heavy atom. The van der Waals surface area contributed by atoms with Crippen LogP contribution in [0.1, 0.15) is 146 Å². The smallest absolute Gasteiger partial charge is 0.373 e. The van der Waals surface area contributed by atoms with Crippen molar-refractivity contribution in [1.82, 2.24) is 5.32 Å². The molecule has 8 heteroatoms. The maximum absolute atomic E-state index is 14.0. The molecule has 0 radical (unpaired) electrons. The molecule has 8 nitrogen and oxygen atoms in total. The van der Waals surface area contributed by atoms with Gasteiger partial charge in [-0.05, 0) is 146 Å². The van der Waals surface area contributed by atoms with Gasteiger partial charge in [0.05, 0.1) is 17.0 Å². The van der Waals surface area contributed by atoms with Crippen molar-refractivity contribution in [3.05, 3.63) is 47.0 Å². The fraction of sp³-hybridized carbons (Fsp3) is 0.750. The number of hydrogen-bond donors (Lipinski definition) is 2. The molecule has 1 amide bonds. The monoisotopic (exact) mass is 771 g/mol. The molecule has 3 N–H and O–H groups in total. The van der Waals surface area contributed by atoms with Crippen molar-refractivity contribution in [2.24, 2.45) is 68.3 Å². The molecular weight excluding hydrogens is 701 g/mol. The average Bonchev–Trinajstić information content (AvgIpc) is 3.40. The predicted octanol–water partition coefficient (Wildman–Crippen LogP) is 8.81. The SMILES string of the molecule is CC(C)C1=C2[C@H]3CC[C@@H]4[C@@]5(C)CC[C@H](OC(=O)[C@H]6C[C@@H](Cc7ccccc7)C6(C)C)C(C)(C)[C@@H]5CC[C@@]4(C)[C@]3(C)CC[C@@]2(NC(=O)C(C)(C)N)CC1=O.O=C=O. The number of hydrogen-bond acceptors (Lipinski definition) is 7. The van der Waals surface area contributed by atoms with E-state index in [4.69, 9.17) is 20.1 Å². The minimum absolute atomic E-state index is 0.00992. The van der Waals surface area contributed by atoms with Gasteiger partial charge in [-0.15, -0.1) is 0 Å². The third-order valence-electron chi connectivity index (χ3n) is 17.6. The third-order valence-corrected chi connectivity index (χ3v) is 17.6. The van der Waals surface area contributed by atoms with Crippen molar-refractivity contribution in [1.29, 1.82) is 0 Å². The number of carbonyl (C=O) groups is 3. The Labute approximate surface area is 336 Å². The molecule has 56 heavy (non-hydrogen) atoms. The molecule has 0 spiro atoms. The van der Waals surface area contributed by atoms with Crippen LogP contribution in [0.4, 0.5) is 0 Å². The molecule has 10 atom stereocenters. The minimum Gasteiger partial charge on any atom is -0.462 e. The van der Waals surface area contributed by atoms with E-state index in [1.165, 1.54) is 11.1 Å². The largest absolute Gasteiger partial charge is 0.462 e. The summed E-state index contributed by atoms with van der Waals surface area (Å²) in [7, 11) is 0. The van der Waals surface area contributed by atoms with Gasteiger partial charge in [0.15, 0.2) is 5.78 Å². The summed E-state index contributed by atoms with van der Waals surface area (Å²) in [5.74, 6) is 1.88. The number of amides is 1. The molecule has 1 aromatic carbocycles. The van der Waals surface area contributed by atoms with E-state index < -0.39 is 11.1 Å². The van der Waals surface area contributed by atoms with Crippen molar-refractivity contribution in [3.8, 4) is 0 Å². The van der Waals surface area contributed by atoms with Crippen LogP contribution in [0.15, 0.2) is 41.5 Å². The van der Waals surface area contributed by atoms with Gasteiger partial charge in [0.25, 0.3) is 0 Å². The van der Waals surface area contributed by atoms with Crippen molar-refractivity contribution in [2.45, 2.75) is 164 Å². The number of nitrogens with one attached hydrogen (secondary N) is 1. The van der Waals surface area contributed by atoms with Gasteiger partial charge in [-0.2, -0.15) is 9.59 Å². The Balaban J connectivity index is 0.00000172. The molecule has 0 aromatic heterocycles. The number of ketones is 1. The zero-order valence-electron chi connectivity index (χ0n) is 36.2. The van der Waals surface area contributed by atoms with Gasteiger partial charge in [0, 0.05) is 11.8 Å². The highest BCUT2D eigenvalue weighted by atomic mass is 16.5. The Kier molecular flexibility index (Phi) is 10.9. The van der Waals surface area contributed by atoms with Gasteiger partial charge in [-0.1, -0.05) is 92.6 Å². The van der Waals surface area contributed by atoms with Gasteiger partial charge in [-0.3, -0.25) is 14.4 Å². The predicted molar refractivity (Wildman–Crippen MR) is 217 cm³/mol. The van der Waals surface area contributed by atoms with E-state index in [0.717, 1.165) is 69.8 Å². The van der Waals surface area contributed by atoms with Crippen LogP contribution < -0.4 is 11.1 Å². The van der Waals surface area contributed by atoms with Crippen molar-refractivity contribution in [3.63, 3.8) is 0 Å². The van der Waals surface area contributed by atoms with Gasteiger partial charge in [0.1, 0.15) is 6.10 Å². The second-order valence-electron chi connectivity index (χ2n) is 21.8. The third kappa shape index (κ3) is 6.48. The molecule has 308 valence electrons. The first-order valence-electron chi connectivity index (χ1n) is 21.6. The Hall–Kier alpha value is -3.09. The topological polar surface area (TPSA) is 133 Å². The van der Waals surface area contributed by atoms with Crippen LogP contribution in [0.25, 0.3) is 0 Å². The van der Waals surface area contributed by atoms with Crippen LogP contribution in [0, 0.1) is 62.6 Å². The van der Waals surface area contributed by atoms with Crippen LogP contribution in [0.2, 0.25) is 0 Å². The summed E-state index contributed by atoms with van der Waals surface area (Å²) in [6.07, 6.45) is 10.7. The number of nitrogens with two attached hydrogens (primary N) is 1. The first-order valence-corrected chi connectivity index (χ1v) is 21.6. The number of fused-ring (bicyclic) bond motifs is 7. The van der Waals surface area contributed by atoms with E-state index in [2.05, 4.69) is 98.0 Å². The fourth-order valence-electron chi connectivity index (χ4n) is 14.2. The standard InChI is InChI=1S/C47H70N2O4.CO2/c1-28(2)37-33(50)27-47(49-40(52)43(7,8)48)24-23-45(10)31(38(37)47)17-18-35-44(9)21-20-36(42(5,6)34(44)19-22-46(35,45)11)53-39(51)32-26-30(41(32,3)4)25-29-15-13-12-14-16-29;2-1-3/h12-16,28,30-32,34-36H,17-27,48H2,1-11H3,(H,49,52);/t30-,31-,32-,34+,35-,36+,44+,45-,46-,47-;/m1./s1. The quantitative estimate of drug-likeness (QED) is 0.265. The highest BCUT2D eigenvalue weighted by molar-refractivity contribution is 6.02. The van der Waals surface area contributed by atoms with E-state index in [0.29, 0.717) is 24.2 Å². The molecule has 1 aromatic rings. The number of rotatable bonds is 7. The highest BCUT2D eigenvalue weighted by Gasteiger charge is 2.70. The summed E-state index contributed by atoms with van der Waals surface area (Å²) < 4.78 is 6.64. The molecule has 7 rings (SSSR count). The lowest BCUT2D eigenvalue weighted by Gasteiger charge is -2.72. The highest BCUT2D eigenvalue weighted by Crippen LogP contribution is 2.76. The minimum atomic E-state index is -1.01. The zero-order chi connectivity index (χ0) is 41.4. The molecule has 0 heterocycles. The van der Waals surface area contributed by atoms with Crippen LogP contribution in [-0.4, -0.2) is 41.0 Å². The molecule has 0 aliphatic heterocycles. The summed E-state index contributed by atoms with van der Waals surface area (Å²) in [6, 6.07) is 10.7. The Bertz CT molecular complexity index is 1780. The molecule has 5 saturated carbocycles. The summed E-state index contributed by atoms with van der Waals surface area (Å²) >= 11 is 0. The normalized spacial score (nSPS) is 39.3. The maximum Gasteiger partial charge on any atom is 0.373 e. The summed E-state index contributed by atoms with van der Waals surface area (Å²) in [4.78, 5) is 57.6. The van der Waals surface area contributed by atoms with E-state index in [-0.39, 0.29) is 74.7 Å². The van der Waals surface area contributed by atoms with Crippen molar-refractivity contribution in [2.75, 3.05) is 0 Å². The second kappa shape index (κ2) is 14.3. The molecule has 0 bridgehead atoms. The van der Waals surface area contributed by atoms with Crippen LogP contribution in [0.3, 0.4) is 0 Å². The first-order chi connectivity index (χ1) is 25.9. The van der Waals surface area contributed by atoms with Crippen LogP contribution >= 0.6 is 0 Å². The average molecular weight is 771 g/mol. The van der Waals surface area contributed by atoms with Crippen molar-refractivity contribution < 1.29 is 28.7 Å². The lowest BCUT2D eigenvalue weighted by atomic mass is 9.33. The molecule has 0 unspecified atom stereocenters. The van der Waals surface area contributed by atoms with Crippen LogP contribution in [-0.2, 0) is 35.1 Å². The number of benzene rings is 1. The van der Waals surface area contributed by atoms with Gasteiger partial charge in [0.2, 0.25) is 5.91 Å². The number of carbonyl (C=O) groups excluding carboxylic acids is 5.